The van der Waals surface area contributed by atoms with E-state index in [2.05, 4.69) is 0 Å². The van der Waals surface area contributed by atoms with E-state index in [4.69, 9.17) is 15.2 Å². The number of rotatable bonds is 8. The lowest BCUT2D eigenvalue weighted by molar-refractivity contribution is -0.145. The van der Waals surface area contributed by atoms with Gasteiger partial charge in [0.15, 0.2) is 0 Å². The van der Waals surface area contributed by atoms with Gasteiger partial charge in [0.05, 0.1) is 6.33 Å². The molecule has 1 aliphatic heterocycles. The number of nitrogens with zero attached hydrogens (tertiary/aromatic N) is 1. The molecule has 0 radical (unpaired) electrons. The topological polar surface area (TPSA) is 81.9 Å². The monoisotopic (exact) mass is 398 g/mol. The summed E-state index contributed by atoms with van der Waals surface area (Å²) >= 11 is 0. The minimum atomic E-state index is -0.446. The number of amides is 1. The van der Waals surface area contributed by atoms with E-state index >= 15 is 0 Å². The second-order valence-corrected chi connectivity index (χ2v) is 6.70. The number of nitrogens with two attached hydrogens (primary N) is 1. The number of benzene rings is 2. The predicted octanol–water partition coefficient (Wildman–Crippen LogP) is 2.62. The Morgan fingerprint density at radius 3 is 2.72 bits per heavy atom. The van der Waals surface area contributed by atoms with Gasteiger partial charge in [-0.2, -0.15) is 0 Å². The lowest BCUT2D eigenvalue weighted by Crippen LogP contribution is -2.41. The summed E-state index contributed by atoms with van der Waals surface area (Å²) in [4.78, 5) is 26.3. The molecule has 2 aromatic carbocycles. The highest BCUT2D eigenvalue weighted by molar-refractivity contribution is 5.98. The van der Waals surface area contributed by atoms with Crippen molar-refractivity contribution in [2.45, 2.75) is 13.0 Å². The molecule has 0 aliphatic carbocycles. The highest BCUT2D eigenvalue weighted by atomic mass is 19.1. The lowest BCUT2D eigenvalue weighted by atomic mass is 9.98. The summed E-state index contributed by atoms with van der Waals surface area (Å²) in [6.07, 6.45) is 1.03. The smallest absolute Gasteiger partial charge is 0.325 e. The molecule has 2 N–H and O–H groups in total. The van der Waals surface area contributed by atoms with Crippen molar-refractivity contribution >= 4 is 11.9 Å². The van der Waals surface area contributed by atoms with Crippen LogP contribution in [0.5, 0.6) is 5.75 Å². The summed E-state index contributed by atoms with van der Waals surface area (Å²) in [6, 6.07) is 14.5. The number of hydrogen-bond donors (Lipinski definition) is 1. The highest BCUT2D eigenvalue weighted by Crippen LogP contribution is 2.24. The molecule has 1 aliphatic rings. The molecule has 0 saturated heterocycles. The van der Waals surface area contributed by atoms with Gasteiger partial charge in [-0.25, -0.2) is 4.39 Å². The summed E-state index contributed by atoms with van der Waals surface area (Å²) in [5, 5.41) is 0. The SMILES string of the molecule is NC/C(=C\F)COc1ccc2c(c1)CCN(CC(=O)OCc1ccccc1)C2=O. The van der Waals surface area contributed by atoms with E-state index in [-0.39, 0.29) is 32.2 Å². The molecule has 0 atom stereocenters. The second kappa shape index (κ2) is 9.84. The normalized spacial score (nSPS) is 13.8. The van der Waals surface area contributed by atoms with E-state index in [1.807, 2.05) is 30.3 Å². The van der Waals surface area contributed by atoms with Gasteiger partial charge in [0.25, 0.3) is 5.91 Å². The molecule has 0 fully saturated rings. The third-order valence-electron chi connectivity index (χ3n) is 4.65. The van der Waals surface area contributed by atoms with Crippen molar-refractivity contribution in [3.8, 4) is 5.75 Å². The number of fused-ring (bicyclic) bond motifs is 1. The fourth-order valence-corrected chi connectivity index (χ4v) is 3.00. The Kier molecular flexibility index (Phi) is 6.97. The first-order chi connectivity index (χ1) is 14.1. The minimum Gasteiger partial charge on any atom is -0.489 e. The average molecular weight is 398 g/mol. The molecule has 3 rings (SSSR count). The largest absolute Gasteiger partial charge is 0.489 e. The molecule has 0 bridgehead atoms. The number of ether oxygens (including phenoxy) is 2. The quantitative estimate of drug-likeness (QED) is 0.692. The number of hydrogen-bond acceptors (Lipinski definition) is 5. The molecule has 6 nitrogen and oxygen atoms in total. The molecule has 0 spiro atoms. The molecule has 0 aromatic heterocycles. The van der Waals surface area contributed by atoms with E-state index in [0.717, 1.165) is 11.1 Å². The standard InChI is InChI=1S/C22H23FN2O4/c23-11-17(12-24)15-28-19-6-7-20-18(10-19)8-9-25(22(20)27)13-21(26)29-14-16-4-2-1-3-5-16/h1-7,10-11H,8-9,12-15,24H2/b17-11+. The maximum atomic E-state index is 12.7. The fraction of sp³-hybridized carbons (Fsp3) is 0.273. The highest BCUT2D eigenvalue weighted by Gasteiger charge is 2.26. The van der Waals surface area contributed by atoms with Gasteiger partial charge in [0.2, 0.25) is 0 Å². The molecule has 7 heteroatoms. The van der Waals surface area contributed by atoms with Crippen LogP contribution in [0.3, 0.4) is 0 Å². The molecular formula is C22H23FN2O4. The van der Waals surface area contributed by atoms with Crippen LogP contribution in [0.1, 0.15) is 21.5 Å². The van der Waals surface area contributed by atoms with Crippen molar-refractivity contribution in [2.75, 3.05) is 26.2 Å². The zero-order valence-electron chi connectivity index (χ0n) is 16.0. The molecule has 2 aromatic rings. The van der Waals surface area contributed by atoms with Crippen LogP contribution in [0, 0.1) is 0 Å². The predicted molar refractivity (Wildman–Crippen MR) is 106 cm³/mol. The maximum Gasteiger partial charge on any atom is 0.325 e. The van der Waals surface area contributed by atoms with Gasteiger partial charge in [-0.3, -0.25) is 9.59 Å². The molecule has 0 saturated carbocycles. The molecule has 1 heterocycles. The Hall–Kier alpha value is -3.19. The van der Waals surface area contributed by atoms with Gasteiger partial charge in [-0.15, -0.1) is 0 Å². The van der Waals surface area contributed by atoms with Crippen LogP contribution in [0.15, 0.2) is 60.4 Å². The van der Waals surface area contributed by atoms with Crippen LogP contribution in [-0.2, 0) is 22.6 Å². The Morgan fingerprint density at radius 1 is 1.21 bits per heavy atom. The van der Waals surface area contributed by atoms with E-state index < -0.39 is 5.97 Å². The van der Waals surface area contributed by atoms with Gasteiger partial charge >= 0.3 is 5.97 Å². The first-order valence-corrected chi connectivity index (χ1v) is 9.33. The van der Waals surface area contributed by atoms with E-state index in [0.29, 0.717) is 36.2 Å². The van der Waals surface area contributed by atoms with Crippen LogP contribution in [0.2, 0.25) is 0 Å². The summed E-state index contributed by atoms with van der Waals surface area (Å²) < 4.78 is 23.4. The van der Waals surface area contributed by atoms with Crippen LogP contribution >= 0.6 is 0 Å². The zero-order chi connectivity index (χ0) is 20.6. The number of halogens is 1. The van der Waals surface area contributed by atoms with Crippen molar-refractivity contribution in [2.24, 2.45) is 5.73 Å². The van der Waals surface area contributed by atoms with Gasteiger partial charge in [-0.1, -0.05) is 30.3 Å². The Morgan fingerprint density at radius 2 is 2.00 bits per heavy atom. The van der Waals surface area contributed by atoms with Crippen molar-refractivity contribution in [3.05, 3.63) is 77.1 Å². The van der Waals surface area contributed by atoms with Gasteiger partial charge in [-0.05, 0) is 35.7 Å². The summed E-state index contributed by atoms with van der Waals surface area (Å²) in [7, 11) is 0. The molecule has 1 amide bonds. The molecule has 29 heavy (non-hydrogen) atoms. The van der Waals surface area contributed by atoms with Gasteiger partial charge < -0.3 is 20.1 Å². The van der Waals surface area contributed by atoms with Gasteiger partial charge in [0, 0.05) is 24.2 Å². The average Bonchev–Trinajstić information content (AvgIpc) is 2.76. The first-order valence-electron chi connectivity index (χ1n) is 9.33. The maximum absolute atomic E-state index is 12.7. The molecule has 0 unspecified atom stereocenters. The van der Waals surface area contributed by atoms with E-state index in [1.165, 1.54) is 4.90 Å². The van der Waals surface area contributed by atoms with Crippen LogP contribution < -0.4 is 10.5 Å². The van der Waals surface area contributed by atoms with Crippen molar-refractivity contribution in [3.63, 3.8) is 0 Å². The first kappa shape index (κ1) is 20.5. The van der Waals surface area contributed by atoms with Gasteiger partial charge in [0.1, 0.15) is 25.5 Å². The van der Waals surface area contributed by atoms with Crippen LogP contribution in [-0.4, -0.2) is 43.0 Å². The Labute approximate surface area is 168 Å². The summed E-state index contributed by atoms with van der Waals surface area (Å²) in [5.41, 5.74) is 8.01. The van der Waals surface area contributed by atoms with Crippen molar-refractivity contribution < 1.29 is 23.5 Å². The van der Waals surface area contributed by atoms with Crippen LogP contribution in [0.4, 0.5) is 4.39 Å². The van der Waals surface area contributed by atoms with Crippen LogP contribution in [0.25, 0.3) is 0 Å². The minimum absolute atomic E-state index is 0.0547. The Bertz CT molecular complexity index is 899. The molecule has 152 valence electrons. The zero-order valence-corrected chi connectivity index (χ0v) is 16.0. The number of carbonyl (C=O) groups excluding carboxylic acids is 2. The van der Waals surface area contributed by atoms with Crippen molar-refractivity contribution in [1.29, 1.82) is 0 Å². The molecular weight excluding hydrogens is 375 g/mol. The third kappa shape index (κ3) is 5.42. The number of esters is 1. The van der Waals surface area contributed by atoms with Crippen molar-refractivity contribution in [1.82, 2.24) is 4.90 Å². The summed E-state index contributed by atoms with van der Waals surface area (Å²) in [6.45, 7) is 0.629. The fourth-order valence-electron chi connectivity index (χ4n) is 3.00. The lowest BCUT2D eigenvalue weighted by Gasteiger charge is -2.28. The third-order valence-corrected chi connectivity index (χ3v) is 4.65. The second-order valence-electron chi connectivity index (χ2n) is 6.70. The number of carbonyl (C=O) groups is 2. The van der Waals surface area contributed by atoms with E-state index in [9.17, 15) is 14.0 Å². The summed E-state index contributed by atoms with van der Waals surface area (Å²) in [5.74, 6) is -0.126. The van der Waals surface area contributed by atoms with E-state index in [1.54, 1.807) is 18.2 Å². The Balaban J connectivity index is 1.56.